The molecule has 2 aromatic rings. The number of hydrogen-bond donors (Lipinski definition) is 1. The topological polar surface area (TPSA) is 68.5 Å². The lowest BCUT2D eigenvalue weighted by molar-refractivity contribution is 0.413. The van der Waals surface area contributed by atoms with Crippen molar-refractivity contribution in [3.63, 3.8) is 0 Å². The van der Waals surface area contributed by atoms with Crippen molar-refractivity contribution < 1.29 is 17.6 Å². The van der Waals surface area contributed by atoms with Crippen LogP contribution in [0.2, 0.25) is 0 Å². The normalized spacial score (nSPS) is 13.1. The molecule has 1 atom stereocenters. The minimum absolute atomic E-state index is 0.279. The van der Waals surface area contributed by atoms with Crippen LogP contribution in [-0.4, -0.2) is 15.5 Å². The molecule has 0 aliphatic carbocycles. The molecule has 0 saturated heterocycles. The standard InChI is InChI=1S/C15H19NO4S/c1-10-8-13(19-4)9-11(2)15(10)21(17,18)16-12(3)14-6-5-7-20-14/h5-9,12,16H,1-4H3. The molecule has 1 unspecified atom stereocenters. The maximum Gasteiger partial charge on any atom is 0.241 e. The van der Waals surface area contributed by atoms with Gasteiger partial charge in [-0.2, -0.15) is 0 Å². The number of rotatable bonds is 5. The fraction of sp³-hybridized carbons (Fsp3) is 0.333. The second kappa shape index (κ2) is 5.91. The van der Waals surface area contributed by atoms with E-state index in [4.69, 9.17) is 9.15 Å². The van der Waals surface area contributed by atoms with Gasteiger partial charge in [0.2, 0.25) is 10.0 Å². The number of benzene rings is 1. The number of aryl methyl sites for hydroxylation is 2. The molecule has 0 aliphatic rings. The molecule has 0 spiro atoms. The zero-order valence-corrected chi connectivity index (χ0v) is 13.3. The van der Waals surface area contributed by atoms with Crippen LogP contribution in [0.5, 0.6) is 5.75 Å². The summed E-state index contributed by atoms with van der Waals surface area (Å²) in [5.74, 6) is 1.21. The number of methoxy groups -OCH3 is 1. The van der Waals surface area contributed by atoms with Crippen LogP contribution in [0.15, 0.2) is 39.8 Å². The summed E-state index contributed by atoms with van der Waals surface area (Å²) < 4.78 is 38.2. The van der Waals surface area contributed by atoms with E-state index in [0.29, 0.717) is 22.6 Å². The predicted molar refractivity (Wildman–Crippen MR) is 79.9 cm³/mol. The van der Waals surface area contributed by atoms with Crippen LogP contribution in [0.3, 0.4) is 0 Å². The van der Waals surface area contributed by atoms with Gasteiger partial charge in [-0.05, 0) is 56.2 Å². The van der Waals surface area contributed by atoms with Crippen molar-refractivity contribution in [3.05, 3.63) is 47.4 Å². The number of ether oxygens (including phenoxy) is 1. The molecule has 0 fully saturated rings. The Balaban J connectivity index is 2.36. The fourth-order valence-electron chi connectivity index (χ4n) is 2.34. The summed E-state index contributed by atoms with van der Waals surface area (Å²) in [4.78, 5) is 0.279. The maximum absolute atomic E-state index is 12.6. The van der Waals surface area contributed by atoms with E-state index in [1.807, 2.05) is 0 Å². The molecular weight excluding hydrogens is 290 g/mol. The van der Waals surface area contributed by atoms with Gasteiger partial charge < -0.3 is 9.15 Å². The number of nitrogens with one attached hydrogen (secondary N) is 1. The van der Waals surface area contributed by atoms with Crippen LogP contribution in [0, 0.1) is 13.8 Å². The highest BCUT2D eigenvalue weighted by molar-refractivity contribution is 7.89. The van der Waals surface area contributed by atoms with E-state index in [1.165, 1.54) is 6.26 Å². The SMILES string of the molecule is COc1cc(C)c(S(=O)(=O)NC(C)c2ccco2)c(C)c1. The Morgan fingerprint density at radius 1 is 1.24 bits per heavy atom. The van der Waals surface area contributed by atoms with Gasteiger partial charge in [0.05, 0.1) is 24.3 Å². The van der Waals surface area contributed by atoms with Gasteiger partial charge in [-0.3, -0.25) is 0 Å². The smallest absolute Gasteiger partial charge is 0.241 e. The molecule has 5 nitrogen and oxygen atoms in total. The van der Waals surface area contributed by atoms with Crippen molar-refractivity contribution >= 4 is 10.0 Å². The van der Waals surface area contributed by atoms with Gasteiger partial charge in [0.1, 0.15) is 11.5 Å². The fourth-order valence-corrected chi connectivity index (χ4v) is 4.00. The molecule has 0 aliphatic heterocycles. The van der Waals surface area contributed by atoms with Gasteiger partial charge in [0.15, 0.2) is 0 Å². The van der Waals surface area contributed by atoms with Gasteiger partial charge >= 0.3 is 0 Å². The monoisotopic (exact) mass is 309 g/mol. The summed E-state index contributed by atoms with van der Waals surface area (Å²) in [5, 5.41) is 0. The van der Waals surface area contributed by atoms with Gasteiger partial charge in [0, 0.05) is 0 Å². The molecule has 0 radical (unpaired) electrons. The molecule has 6 heteroatoms. The predicted octanol–water partition coefficient (Wildman–Crippen LogP) is 2.94. The molecule has 21 heavy (non-hydrogen) atoms. The van der Waals surface area contributed by atoms with Gasteiger partial charge in [-0.25, -0.2) is 13.1 Å². The van der Waals surface area contributed by atoms with Crippen molar-refractivity contribution in [2.45, 2.75) is 31.7 Å². The zero-order valence-electron chi connectivity index (χ0n) is 12.5. The largest absolute Gasteiger partial charge is 0.497 e. The molecular formula is C15H19NO4S. The first-order valence-corrected chi connectivity index (χ1v) is 8.04. The van der Waals surface area contributed by atoms with Crippen LogP contribution in [0.1, 0.15) is 29.9 Å². The Kier molecular flexibility index (Phi) is 4.39. The minimum atomic E-state index is -3.64. The Hall–Kier alpha value is -1.79. The first-order chi connectivity index (χ1) is 9.85. The van der Waals surface area contributed by atoms with E-state index < -0.39 is 16.1 Å². The van der Waals surface area contributed by atoms with Gasteiger partial charge in [-0.15, -0.1) is 0 Å². The molecule has 1 N–H and O–H groups in total. The molecule has 1 aromatic carbocycles. The van der Waals surface area contributed by atoms with Crippen LogP contribution >= 0.6 is 0 Å². The lowest BCUT2D eigenvalue weighted by atomic mass is 10.1. The molecule has 0 saturated carbocycles. The number of sulfonamides is 1. The molecule has 1 heterocycles. The summed E-state index contributed by atoms with van der Waals surface area (Å²) in [6.07, 6.45) is 1.52. The Morgan fingerprint density at radius 3 is 2.33 bits per heavy atom. The number of furan rings is 1. The van der Waals surface area contributed by atoms with Gasteiger partial charge in [0.25, 0.3) is 0 Å². The highest BCUT2D eigenvalue weighted by Crippen LogP contribution is 2.27. The van der Waals surface area contributed by atoms with Crippen molar-refractivity contribution in [2.75, 3.05) is 7.11 Å². The highest BCUT2D eigenvalue weighted by atomic mass is 32.2. The van der Waals surface area contributed by atoms with Crippen molar-refractivity contribution in [3.8, 4) is 5.75 Å². The second-order valence-electron chi connectivity index (χ2n) is 4.95. The summed E-state index contributed by atoms with van der Waals surface area (Å²) in [6, 6.07) is 6.44. The third kappa shape index (κ3) is 3.28. The quantitative estimate of drug-likeness (QED) is 0.922. The zero-order chi connectivity index (χ0) is 15.6. The van der Waals surface area contributed by atoms with Gasteiger partial charge in [-0.1, -0.05) is 0 Å². The summed E-state index contributed by atoms with van der Waals surface area (Å²) >= 11 is 0. The summed E-state index contributed by atoms with van der Waals surface area (Å²) in [5.41, 5.74) is 1.29. The highest BCUT2D eigenvalue weighted by Gasteiger charge is 2.24. The maximum atomic E-state index is 12.6. The molecule has 2 rings (SSSR count). The average Bonchev–Trinajstić information content (AvgIpc) is 2.90. The average molecular weight is 309 g/mol. The first-order valence-electron chi connectivity index (χ1n) is 6.56. The van der Waals surface area contributed by atoms with Crippen LogP contribution in [0.25, 0.3) is 0 Å². The van der Waals surface area contributed by atoms with E-state index >= 15 is 0 Å². The van der Waals surface area contributed by atoms with E-state index in [1.54, 1.807) is 52.1 Å². The minimum Gasteiger partial charge on any atom is -0.497 e. The Bertz CT molecular complexity index is 697. The third-order valence-electron chi connectivity index (χ3n) is 3.24. The van der Waals surface area contributed by atoms with Crippen LogP contribution in [0.4, 0.5) is 0 Å². The lowest BCUT2D eigenvalue weighted by Crippen LogP contribution is -2.28. The number of hydrogen-bond acceptors (Lipinski definition) is 4. The third-order valence-corrected chi connectivity index (χ3v) is 5.09. The van der Waals surface area contributed by atoms with Crippen LogP contribution < -0.4 is 9.46 Å². The molecule has 1 aromatic heterocycles. The van der Waals surface area contributed by atoms with E-state index in [-0.39, 0.29) is 4.90 Å². The molecule has 114 valence electrons. The van der Waals surface area contributed by atoms with E-state index in [9.17, 15) is 8.42 Å². The van der Waals surface area contributed by atoms with E-state index in [0.717, 1.165) is 0 Å². The second-order valence-corrected chi connectivity index (χ2v) is 6.60. The Labute approximate surface area is 125 Å². The van der Waals surface area contributed by atoms with Crippen molar-refractivity contribution in [2.24, 2.45) is 0 Å². The Morgan fingerprint density at radius 2 is 1.86 bits per heavy atom. The van der Waals surface area contributed by atoms with Crippen molar-refractivity contribution in [1.29, 1.82) is 0 Å². The molecule has 0 bridgehead atoms. The summed E-state index contributed by atoms with van der Waals surface area (Å²) in [6.45, 7) is 5.24. The molecule has 0 amide bonds. The first kappa shape index (κ1) is 15.6. The van der Waals surface area contributed by atoms with E-state index in [2.05, 4.69) is 4.72 Å². The van der Waals surface area contributed by atoms with Crippen molar-refractivity contribution in [1.82, 2.24) is 4.72 Å². The lowest BCUT2D eigenvalue weighted by Gasteiger charge is -2.16. The summed E-state index contributed by atoms with van der Waals surface area (Å²) in [7, 11) is -2.08. The van der Waals surface area contributed by atoms with Crippen LogP contribution in [-0.2, 0) is 10.0 Å².